The van der Waals surface area contributed by atoms with E-state index in [1.165, 1.54) is 0 Å². The Balaban J connectivity index is 2.34. The van der Waals surface area contributed by atoms with Crippen LogP contribution in [0.25, 0.3) is 0 Å². The molecule has 2 rings (SSSR count). The first kappa shape index (κ1) is 5.41. The molecule has 0 amide bonds. The summed E-state index contributed by atoms with van der Waals surface area (Å²) in [5, 5.41) is 0. The molecular weight excluding hydrogens is 126 g/mol. The summed E-state index contributed by atoms with van der Waals surface area (Å²) in [5.41, 5.74) is 1.06. The Hall–Kier alpha value is -1.38. The molecule has 0 unspecified atom stereocenters. The van der Waals surface area contributed by atoms with Crippen LogP contribution in [-0.2, 0) is 0 Å². The molecule has 0 saturated carbocycles. The third kappa shape index (κ3) is 0.757. The predicted octanol–water partition coefficient (Wildman–Crippen LogP) is 0.770. The fourth-order valence-corrected chi connectivity index (χ4v) is 0.937. The second-order valence-corrected chi connectivity index (χ2v) is 2.11. The van der Waals surface area contributed by atoms with Gasteiger partial charge in [-0.15, -0.1) is 0 Å². The molecule has 0 aromatic carbocycles. The highest BCUT2D eigenvalue weighted by atomic mass is 15.2. The van der Waals surface area contributed by atoms with E-state index >= 15 is 0 Å². The van der Waals surface area contributed by atoms with E-state index < -0.39 is 0 Å². The molecule has 3 heteroatoms. The Bertz CT molecular complexity index is 248. The van der Waals surface area contributed by atoms with Crippen LogP contribution in [0.5, 0.6) is 0 Å². The van der Waals surface area contributed by atoms with E-state index in [2.05, 4.69) is 14.9 Å². The number of aliphatic imine (C=N–C) groups is 2. The number of fused-ring (bicyclic) bond motifs is 1. The van der Waals surface area contributed by atoms with Crippen LogP contribution in [0.15, 0.2) is 34.3 Å². The zero-order valence-electron chi connectivity index (χ0n) is 5.44. The lowest BCUT2D eigenvalue weighted by Gasteiger charge is -2.22. The van der Waals surface area contributed by atoms with Crippen molar-refractivity contribution in [2.45, 2.75) is 0 Å². The molecule has 0 radical (unpaired) electrons. The average Bonchev–Trinajstić information content (AvgIpc) is 2.05. The minimum absolute atomic E-state index is 0.856. The Labute approximate surface area is 59.1 Å². The lowest BCUT2D eigenvalue weighted by molar-refractivity contribution is 0.550. The van der Waals surface area contributed by atoms with E-state index in [9.17, 15) is 0 Å². The van der Waals surface area contributed by atoms with Crippen molar-refractivity contribution in [3.63, 3.8) is 0 Å². The summed E-state index contributed by atoms with van der Waals surface area (Å²) in [5.74, 6) is 0. The second-order valence-electron chi connectivity index (χ2n) is 2.11. The number of allylic oxidation sites excluding steroid dienone is 1. The maximum absolute atomic E-state index is 4.01. The van der Waals surface area contributed by atoms with Crippen LogP contribution in [0.3, 0.4) is 0 Å². The Morgan fingerprint density at radius 3 is 3.30 bits per heavy atom. The van der Waals surface area contributed by atoms with Crippen molar-refractivity contribution in [3.8, 4) is 0 Å². The van der Waals surface area contributed by atoms with Gasteiger partial charge in [-0.25, -0.2) is 0 Å². The van der Waals surface area contributed by atoms with E-state index in [4.69, 9.17) is 0 Å². The summed E-state index contributed by atoms with van der Waals surface area (Å²) < 4.78 is 0. The van der Waals surface area contributed by atoms with Gasteiger partial charge in [-0.2, -0.15) is 0 Å². The molecule has 0 aromatic rings. The largest absolute Gasteiger partial charge is 0.339 e. The number of hydrogen-bond acceptors (Lipinski definition) is 3. The van der Waals surface area contributed by atoms with Crippen LogP contribution in [0, 0.1) is 0 Å². The Morgan fingerprint density at radius 1 is 1.40 bits per heavy atom. The lowest BCUT2D eigenvalue weighted by Crippen LogP contribution is -2.23. The highest BCUT2D eigenvalue weighted by molar-refractivity contribution is 5.82. The minimum atomic E-state index is 0.856. The van der Waals surface area contributed by atoms with E-state index in [1.54, 1.807) is 18.6 Å². The topological polar surface area (TPSA) is 28.0 Å². The van der Waals surface area contributed by atoms with Crippen molar-refractivity contribution < 1.29 is 0 Å². The minimum Gasteiger partial charge on any atom is -0.339 e. The molecule has 0 N–H and O–H groups in total. The molecule has 0 spiro atoms. The van der Waals surface area contributed by atoms with Crippen molar-refractivity contribution in [1.82, 2.24) is 4.90 Å². The first-order chi connectivity index (χ1) is 4.97. The number of rotatable bonds is 0. The fraction of sp³-hybridized carbons (Fsp3) is 0.143. The first-order valence-corrected chi connectivity index (χ1v) is 3.15. The Kier molecular flexibility index (Phi) is 1.13. The van der Waals surface area contributed by atoms with Gasteiger partial charge in [0.25, 0.3) is 0 Å². The van der Waals surface area contributed by atoms with Crippen molar-refractivity contribution >= 4 is 12.4 Å². The summed E-state index contributed by atoms with van der Waals surface area (Å²) in [6.07, 6.45) is 9.19. The van der Waals surface area contributed by atoms with Gasteiger partial charge in [0.15, 0.2) is 0 Å². The molecule has 0 saturated heterocycles. The molecular formula is C7H7N3. The smallest absolute Gasteiger partial charge is 0.0781 e. The summed E-state index contributed by atoms with van der Waals surface area (Å²) in [6.45, 7) is 0.856. The van der Waals surface area contributed by atoms with Crippen LogP contribution in [0.4, 0.5) is 0 Å². The van der Waals surface area contributed by atoms with Crippen LogP contribution < -0.4 is 0 Å². The van der Waals surface area contributed by atoms with E-state index in [0.29, 0.717) is 0 Å². The van der Waals surface area contributed by atoms with E-state index in [1.807, 2.05) is 12.4 Å². The molecule has 0 atom stereocenters. The van der Waals surface area contributed by atoms with Crippen molar-refractivity contribution in [3.05, 3.63) is 24.3 Å². The Morgan fingerprint density at radius 2 is 2.40 bits per heavy atom. The van der Waals surface area contributed by atoms with Gasteiger partial charge in [0, 0.05) is 18.6 Å². The van der Waals surface area contributed by atoms with Gasteiger partial charge in [-0.05, 0) is 0 Å². The molecule has 2 aliphatic rings. The average molecular weight is 133 g/mol. The summed E-state index contributed by atoms with van der Waals surface area (Å²) in [4.78, 5) is 10.1. The molecule has 0 aliphatic carbocycles. The normalized spacial score (nSPS) is 20.8. The van der Waals surface area contributed by atoms with Crippen molar-refractivity contribution in [2.24, 2.45) is 9.98 Å². The van der Waals surface area contributed by atoms with Crippen LogP contribution >= 0.6 is 0 Å². The SMILES string of the molecule is C1=CN2CC=NC=C2C=N1. The van der Waals surface area contributed by atoms with E-state index in [0.717, 1.165) is 12.2 Å². The van der Waals surface area contributed by atoms with Gasteiger partial charge < -0.3 is 4.90 Å². The van der Waals surface area contributed by atoms with Crippen LogP contribution in [-0.4, -0.2) is 23.9 Å². The standard InChI is InChI=1S/C7H7N3/c1-3-10-4-2-9-6-7(10)5-8-1/h1-3,5-6H,4H2. The van der Waals surface area contributed by atoms with Gasteiger partial charge in [-0.1, -0.05) is 0 Å². The molecule has 0 bridgehead atoms. The monoisotopic (exact) mass is 133 g/mol. The predicted molar refractivity (Wildman–Crippen MR) is 40.9 cm³/mol. The zero-order valence-corrected chi connectivity index (χ0v) is 5.44. The van der Waals surface area contributed by atoms with Gasteiger partial charge in [0.1, 0.15) is 0 Å². The van der Waals surface area contributed by atoms with Gasteiger partial charge in [-0.3, -0.25) is 9.98 Å². The second kappa shape index (κ2) is 2.10. The van der Waals surface area contributed by atoms with Gasteiger partial charge >= 0.3 is 0 Å². The number of hydrogen-bond donors (Lipinski definition) is 0. The fourth-order valence-electron chi connectivity index (χ4n) is 0.937. The zero-order chi connectivity index (χ0) is 6.81. The van der Waals surface area contributed by atoms with Crippen molar-refractivity contribution in [1.29, 1.82) is 0 Å². The van der Waals surface area contributed by atoms with Gasteiger partial charge in [0.05, 0.1) is 24.7 Å². The molecule has 3 nitrogen and oxygen atoms in total. The molecule has 10 heavy (non-hydrogen) atoms. The third-order valence-corrected chi connectivity index (χ3v) is 1.46. The van der Waals surface area contributed by atoms with Crippen LogP contribution in [0.1, 0.15) is 0 Å². The lowest BCUT2D eigenvalue weighted by atomic mass is 10.3. The maximum atomic E-state index is 4.01. The number of nitrogens with zero attached hydrogens (tertiary/aromatic N) is 3. The first-order valence-electron chi connectivity index (χ1n) is 3.15. The van der Waals surface area contributed by atoms with Gasteiger partial charge in [0.2, 0.25) is 0 Å². The summed E-state index contributed by atoms with van der Waals surface area (Å²) in [7, 11) is 0. The third-order valence-electron chi connectivity index (χ3n) is 1.46. The molecule has 50 valence electrons. The van der Waals surface area contributed by atoms with E-state index in [-0.39, 0.29) is 0 Å². The maximum Gasteiger partial charge on any atom is 0.0781 e. The quantitative estimate of drug-likeness (QED) is 0.479. The van der Waals surface area contributed by atoms with Crippen molar-refractivity contribution in [2.75, 3.05) is 6.54 Å². The highest BCUT2D eigenvalue weighted by Gasteiger charge is 2.07. The molecule has 2 heterocycles. The van der Waals surface area contributed by atoms with Crippen LogP contribution in [0.2, 0.25) is 0 Å². The molecule has 0 fully saturated rings. The molecule has 2 aliphatic heterocycles. The molecule has 0 aromatic heterocycles. The highest BCUT2D eigenvalue weighted by Crippen LogP contribution is 2.09. The summed E-state index contributed by atoms with van der Waals surface area (Å²) >= 11 is 0. The summed E-state index contributed by atoms with van der Waals surface area (Å²) in [6, 6.07) is 0.